The highest BCUT2D eigenvalue weighted by Crippen LogP contribution is 2.40. The van der Waals surface area contributed by atoms with E-state index in [0.29, 0.717) is 17.3 Å². The van der Waals surface area contributed by atoms with E-state index in [0.717, 1.165) is 24.2 Å². The van der Waals surface area contributed by atoms with Gasteiger partial charge in [-0.3, -0.25) is 0 Å². The van der Waals surface area contributed by atoms with Gasteiger partial charge >= 0.3 is 5.97 Å². The van der Waals surface area contributed by atoms with Crippen molar-refractivity contribution in [3.63, 3.8) is 0 Å². The predicted octanol–water partition coefficient (Wildman–Crippen LogP) is 4.85. The molecular weight excluding hydrogens is 326 g/mol. The van der Waals surface area contributed by atoms with Gasteiger partial charge < -0.3 is 14.6 Å². The maximum atomic E-state index is 12.2. The molecule has 1 fully saturated rings. The molecule has 2 heterocycles. The largest absolute Gasteiger partial charge is 0.465 e. The van der Waals surface area contributed by atoms with Crippen LogP contribution in [0, 0.1) is 0 Å². The molecule has 0 radical (unpaired) electrons. The number of carbonyl (C=O) groups is 1. The summed E-state index contributed by atoms with van der Waals surface area (Å²) in [5.41, 5.74) is 3.68. The number of anilines is 2. The minimum absolute atomic E-state index is 0.363. The van der Waals surface area contributed by atoms with Gasteiger partial charge in [-0.25, -0.2) is 9.78 Å². The molecule has 5 heteroatoms. The molecule has 26 heavy (non-hydrogen) atoms. The Labute approximate surface area is 153 Å². The number of methoxy groups -OCH3 is 1. The first-order valence-electron chi connectivity index (χ1n) is 9.13. The lowest BCUT2D eigenvalue weighted by atomic mass is 10.1. The molecule has 134 valence electrons. The third-order valence-electron chi connectivity index (χ3n) is 4.86. The molecule has 5 nitrogen and oxygen atoms in total. The lowest BCUT2D eigenvalue weighted by Gasteiger charge is -2.12. The molecule has 0 spiro atoms. The molecule has 0 aliphatic heterocycles. The highest BCUT2D eigenvalue weighted by atomic mass is 16.5. The fraction of sp³-hybridized carbons (Fsp3) is 0.333. The number of pyridine rings is 1. The van der Waals surface area contributed by atoms with Crippen LogP contribution >= 0.6 is 0 Å². The van der Waals surface area contributed by atoms with Gasteiger partial charge in [-0.1, -0.05) is 13.0 Å². The smallest absolute Gasteiger partial charge is 0.341 e. The van der Waals surface area contributed by atoms with Crippen LogP contribution in [0.4, 0.5) is 11.5 Å². The number of hydrogen-bond donors (Lipinski definition) is 1. The molecule has 1 aromatic carbocycles. The Bertz CT molecular complexity index is 957. The molecule has 2 aromatic heterocycles. The fourth-order valence-corrected chi connectivity index (χ4v) is 3.32. The number of nitrogens with one attached hydrogen (secondary N) is 1. The number of rotatable bonds is 6. The summed E-state index contributed by atoms with van der Waals surface area (Å²) < 4.78 is 7.20. The minimum atomic E-state index is -0.363. The summed E-state index contributed by atoms with van der Waals surface area (Å²) in [6, 6.07) is 10.2. The first-order valence-corrected chi connectivity index (χ1v) is 9.13. The molecule has 4 rings (SSSR count). The first-order chi connectivity index (χ1) is 12.7. The molecule has 1 aliphatic rings. The third kappa shape index (κ3) is 3.17. The van der Waals surface area contributed by atoms with Crippen LogP contribution in [0.1, 0.15) is 48.0 Å². The summed E-state index contributed by atoms with van der Waals surface area (Å²) in [7, 11) is 1.40. The van der Waals surface area contributed by atoms with Crippen molar-refractivity contribution < 1.29 is 9.53 Å². The molecular formula is C21H23N3O2. The van der Waals surface area contributed by atoms with Gasteiger partial charge in [-0.05, 0) is 60.4 Å². The number of nitrogens with zero attached hydrogens (tertiary/aromatic N) is 2. The van der Waals surface area contributed by atoms with Gasteiger partial charge in [-0.15, -0.1) is 0 Å². The maximum absolute atomic E-state index is 12.2. The van der Waals surface area contributed by atoms with Crippen molar-refractivity contribution in [3.8, 4) is 0 Å². The molecule has 0 saturated heterocycles. The molecule has 0 unspecified atom stereocenters. The second kappa shape index (κ2) is 6.83. The van der Waals surface area contributed by atoms with E-state index in [1.54, 1.807) is 0 Å². The van der Waals surface area contributed by atoms with Gasteiger partial charge in [0.2, 0.25) is 0 Å². The lowest BCUT2D eigenvalue weighted by Crippen LogP contribution is -2.08. The van der Waals surface area contributed by atoms with Crippen LogP contribution in [0.2, 0.25) is 0 Å². The van der Waals surface area contributed by atoms with Crippen molar-refractivity contribution >= 4 is 28.4 Å². The highest BCUT2D eigenvalue weighted by molar-refractivity contribution is 5.96. The maximum Gasteiger partial charge on any atom is 0.341 e. The predicted molar refractivity (Wildman–Crippen MR) is 103 cm³/mol. The van der Waals surface area contributed by atoms with E-state index in [4.69, 9.17) is 4.74 Å². The Morgan fingerprint density at radius 1 is 1.31 bits per heavy atom. The molecule has 1 saturated carbocycles. The summed E-state index contributed by atoms with van der Waals surface area (Å²) >= 11 is 0. The van der Waals surface area contributed by atoms with Crippen LogP contribution in [0.5, 0.6) is 0 Å². The number of fused-ring (bicyclic) bond motifs is 1. The molecule has 1 aliphatic carbocycles. The van der Waals surface area contributed by atoms with E-state index in [-0.39, 0.29) is 5.97 Å². The first kappa shape index (κ1) is 16.6. The van der Waals surface area contributed by atoms with E-state index in [9.17, 15) is 4.79 Å². The summed E-state index contributed by atoms with van der Waals surface area (Å²) in [6.07, 6.45) is 7.39. The van der Waals surface area contributed by atoms with Crippen LogP contribution in [0.25, 0.3) is 10.9 Å². The van der Waals surface area contributed by atoms with E-state index >= 15 is 0 Å². The second-order valence-corrected chi connectivity index (χ2v) is 6.84. The second-order valence-electron chi connectivity index (χ2n) is 6.84. The van der Waals surface area contributed by atoms with Crippen molar-refractivity contribution in [2.75, 3.05) is 12.4 Å². The number of esters is 1. The van der Waals surface area contributed by atoms with Crippen LogP contribution in [-0.2, 0) is 11.3 Å². The van der Waals surface area contributed by atoms with Gasteiger partial charge in [-0.2, -0.15) is 0 Å². The summed E-state index contributed by atoms with van der Waals surface area (Å²) in [4.78, 5) is 16.7. The molecule has 0 bridgehead atoms. The molecule has 3 aromatic rings. The van der Waals surface area contributed by atoms with Crippen LogP contribution in [-0.4, -0.2) is 22.6 Å². The number of aromatic nitrogens is 2. The Kier molecular flexibility index (Phi) is 4.37. The van der Waals surface area contributed by atoms with E-state index < -0.39 is 0 Å². The van der Waals surface area contributed by atoms with E-state index in [2.05, 4.69) is 46.2 Å². The number of carbonyl (C=O) groups excluding carboxylic acids is 1. The molecule has 1 N–H and O–H groups in total. The van der Waals surface area contributed by atoms with Gasteiger partial charge in [0.05, 0.1) is 12.6 Å². The van der Waals surface area contributed by atoms with E-state index in [1.807, 2.05) is 18.3 Å². The topological polar surface area (TPSA) is 56.2 Å². The number of benzene rings is 1. The van der Waals surface area contributed by atoms with Crippen molar-refractivity contribution in [2.45, 2.75) is 38.6 Å². The summed E-state index contributed by atoms with van der Waals surface area (Å²) in [5.74, 6) is 0.709. The Hall–Kier alpha value is -2.82. The number of hydrogen-bond acceptors (Lipinski definition) is 4. The molecule has 0 atom stereocenters. The van der Waals surface area contributed by atoms with E-state index in [1.165, 1.54) is 30.9 Å². The summed E-state index contributed by atoms with van der Waals surface area (Å²) in [6.45, 7) is 3.15. The average molecular weight is 349 g/mol. The highest BCUT2D eigenvalue weighted by Gasteiger charge is 2.26. The quantitative estimate of drug-likeness (QED) is 0.646. The standard InChI is InChI=1S/C21H23N3O2/c1-3-9-24-10-8-15-6-7-17(12-19(15)24)23-20-18(21(25)26-2)11-16(13-22-20)14-4-5-14/h6-8,10-14H,3-5,9H2,1-2H3,(H,22,23). The Morgan fingerprint density at radius 2 is 2.15 bits per heavy atom. The fourth-order valence-electron chi connectivity index (χ4n) is 3.32. The number of aryl methyl sites for hydroxylation is 1. The summed E-state index contributed by atoms with van der Waals surface area (Å²) in [5, 5.41) is 4.50. The zero-order chi connectivity index (χ0) is 18.1. The van der Waals surface area contributed by atoms with Crippen LogP contribution in [0.15, 0.2) is 42.7 Å². The SMILES string of the molecule is CCCn1ccc2ccc(Nc3ncc(C4CC4)cc3C(=O)OC)cc21. The zero-order valence-corrected chi connectivity index (χ0v) is 15.2. The van der Waals surface area contributed by atoms with Crippen molar-refractivity contribution in [2.24, 2.45) is 0 Å². The third-order valence-corrected chi connectivity index (χ3v) is 4.86. The van der Waals surface area contributed by atoms with Gasteiger partial charge in [0.1, 0.15) is 11.4 Å². The van der Waals surface area contributed by atoms with Gasteiger partial charge in [0, 0.05) is 24.6 Å². The molecule has 0 amide bonds. The van der Waals surface area contributed by atoms with Crippen molar-refractivity contribution in [3.05, 3.63) is 53.9 Å². The number of ether oxygens (including phenoxy) is 1. The zero-order valence-electron chi connectivity index (χ0n) is 15.2. The van der Waals surface area contributed by atoms with Crippen molar-refractivity contribution in [1.82, 2.24) is 9.55 Å². The normalized spacial score (nSPS) is 13.8. The minimum Gasteiger partial charge on any atom is -0.465 e. The van der Waals surface area contributed by atoms with Gasteiger partial charge in [0.15, 0.2) is 0 Å². The Morgan fingerprint density at radius 3 is 2.88 bits per heavy atom. The van der Waals surface area contributed by atoms with Crippen LogP contribution < -0.4 is 5.32 Å². The monoisotopic (exact) mass is 349 g/mol. The lowest BCUT2D eigenvalue weighted by molar-refractivity contribution is 0.0601. The Balaban J connectivity index is 1.68. The van der Waals surface area contributed by atoms with Crippen molar-refractivity contribution in [1.29, 1.82) is 0 Å². The van der Waals surface area contributed by atoms with Gasteiger partial charge in [0.25, 0.3) is 0 Å². The average Bonchev–Trinajstić information content (AvgIpc) is 3.44. The van der Waals surface area contributed by atoms with Crippen LogP contribution in [0.3, 0.4) is 0 Å².